The van der Waals surface area contributed by atoms with Gasteiger partial charge in [-0.05, 0) is 51.3 Å². The van der Waals surface area contributed by atoms with Crippen molar-refractivity contribution < 1.29 is 4.74 Å². The molecule has 0 unspecified atom stereocenters. The molecule has 0 amide bonds. The van der Waals surface area contributed by atoms with E-state index >= 15 is 0 Å². The number of hydrogen-bond acceptors (Lipinski definition) is 4. The normalized spacial score (nSPS) is 30.2. The van der Waals surface area contributed by atoms with Crippen LogP contribution in [0.5, 0.6) is 5.75 Å². The third kappa shape index (κ3) is 1.82. The molecule has 1 atom stereocenters. The van der Waals surface area contributed by atoms with Crippen LogP contribution in [-0.2, 0) is 0 Å². The molecule has 22 heavy (non-hydrogen) atoms. The summed E-state index contributed by atoms with van der Waals surface area (Å²) in [5, 5.41) is 12.7. The molecule has 1 aliphatic carbocycles. The average Bonchev–Trinajstić information content (AvgIpc) is 3.02. The third-order valence-corrected chi connectivity index (χ3v) is 5.40. The molecule has 2 spiro atoms. The van der Waals surface area contributed by atoms with E-state index in [1.807, 2.05) is 12.3 Å². The van der Waals surface area contributed by atoms with Gasteiger partial charge in [0.1, 0.15) is 11.4 Å². The van der Waals surface area contributed by atoms with Crippen molar-refractivity contribution in [1.82, 2.24) is 5.32 Å². The van der Waals surface area contributed by atoms with Gasteiger partial charge < -0.3 is 4.74 Å². The Morgan fingerprint density at radius 3 is 2.77 bits per heavy atom. The van der Waals surface area contributed by atoms with E-state index in [1.165, 1.54) is 25.7 Å². The van der Waals surface area contributed by atoms with Crippen molar-refractivity contribution in [2.24, 2.45) is 10.4 Å². The van der Waals surface area contributed by atoms with Gasteiger partial charge in [0.05, 0.1) is 17.8 Å². The summed E-state index contributed by atoms with van der Waals surface area (Å²) in [5.74, 6) is 0.776. The Morgan fingerprint density at radius 2 is 2.05 bits per heavy atom. The Kier molecular flexibility index (Phi) is 2.71. The maximum absolute atomic E-state index is 9.03. The minimum Gasteiger partial charge on any atom is -0.465 e. The smallest absolute Gasteiger partial charge is 0.203 e. The number of nitriles is 1. The van der Waals surface area contributed by atoms with Gasteiger partial charge in [-0.3, -0.25) is 10.3 Å². The summed E-state index contributed by atoms with van der Waals surface area (Å²) in [4.78, 5) is 4.66. The SMILES string of the molecule is CC1(C)CC2(CCCC2)[C@]2(C=Nc3cc(C#N)ccc3O2)N1. The van der Waals surface area contributed by atoms with E-state index < -0.39 is 5.72 Å². The highest BCUT2D eigenvalue weighted by molar-refractivity contribution is 5.79. The van der Waals surface area contributed by atoms with Crippen LogP contribution < -0.4 is 10.1 Å². The van der Waals surface area contributed by atoms with Crippen LogP contribution in [0.1, 0.15) is 51.5 Å². The molecule has 0 radical (unpaired) electrons. The fourth-order valence-electron chi connectivity index (χ4n) is 4.69. The van der Waals surface area contributed by atoms with E-state index in [0.29, 0.717) is 5.56 Å². The van der Waals surface area contributed by atoms with Gasteiger partial charge >= 0.3 is 0 Å². The number of fused-ring (bicyclic) bond motifs is 2. The summed E-state index contributed by atoms with van der Waals surface area (Å²) < 4.78 is 6.48. The van der Waals surface area contributed by atoms with Crippen LogP contribution in [0.15, 0.2) is 23.2 Å². The van der Waals surface area contributed by atoms with Gasteiger partial charge in [-0.1, -0.05) is 12.8 Å². The van der Waals surface area contributed by atoms with Gasteiger partial charge in [-0.15, -0.1) is 0 Å². The van der Waals surface area contributed by atoms with Crippen molar-refractivity contribution in [2.75, 3.05) is 0 Å². The van der Waals surface area contributed by atoms with Gasteiger partial charge in [-0.2, -0.15) is 5.26 Å². The number of ether oxygens (including phenoxy) is 1. The summed E-state index contributed by atoms with van der Waals surface area (Å²) in [6, 6.07) is 7.62. The Hall–Kier alpha value is -1.86. The molecule has 114 valence electrons. The number of hydrogen-bond donors (Lipinski definition) is 1. The molecule has 2 aliphatic heterocycles. The molecule has 3 aliphatic rings. The lowest BCUT2D eigenvalue weighted by atomic mass is 9.73. The third-order valence-electron chi connectivity index (χ3n) is 5.40. The number of nitrogens with zero attached hydrogens (tertiary/aromatic N) is 2. The minimum atomic E-state index is -0.506. The summed E-state index contributed by atoms with van der Waals surface area (Å²) >= 11 is 0. The second-order valence-electron chi connectivity index (χ2n) is 7.56. The summed E-state index contributed by atoms with van der Waals surface area (Å²) in [5.41, 5.74) is 1.04. The minimum absolute atomic E-state index is 0.0421. The van der Waals surface area contributed by atoms with Crippen molar-refractivity contribution in [3.05, 3.63) is 23.8 Å². The van der Waals surface area contributed by atoms with Crippen molar-refractivity contribution in [2.45, 2.75) is 57.2 Å². The highest BCUT2D eigenvalue weighted by Crippen LogP contribution is 2.57. The lowest BCUT2D eigenvalue weighted by molar-refractivity contribution is 0.0101. The monoisotopic (exact) mass is 295 g/mol. The molecule has 1 aromatic carbocycles. The highest BCUT2D eigenvalue weighted by atomic mass is 16.5. The first kappa shape index (κ1) is 13.8. The summed E-state index contributed by atoms with van der Waals surface area (Å²) in [6.07, 6.45) is 7.95. The maximum atomic E-state index is 9.03. The van der Waals surface area contributed by atoms with Crippen LogP contribution in [0.2, 0.25) is 0 Å². The zero-order valence-corrected chi connectivity index (χ0v) is 13.1. The van der Waals surface area contributed by atoms with Crippen LogP contribution in [0.4, 0.5) is 5.69 Å². The Bertz CT molecular complexity index is 695. The predicted molar refractivity (Wildman–Crippen MR) is 85.4 cm³/mol. The van der Waals surface area contributed by atoms with Crippen LogP contribution >= 0.6 is 0 Å². The Morgan fingerprint density at radius 1 is 1.27 bits per heavy atom. The largest absolute Gasteiger partial charge is 0.465 e. The van der Waals surface area contributed by atoms with E-state index in [2.05, 4.69) is 30.2 Å². The van der Waals surface area contributed by atoms with Crippen molar-refractivity contribution in [3.8, 4) is 11.8 Å². The molecule has 2 fully saturated rings. The first-order chi connectivity index (χ1) is 10.5. The number of aliphatic imine (C=N–C) groups is 1. The zero-order chi connectivity index (χ0) is 15.4. The topological polar surface area (TPSA) is 57.4 Å². The lowest BCUT2D eigenvalue weighted by Crippen LogP contribution is -2.60. The zero-order valence-electron chi connectivity index (χ0n) is 13.1. The molecule has 1 aromatic rings. The molecular weight excluding hydrogens is 274 g/mol. The van der Waals surface area contributed by atoms with Crippen LogP contribution in [-0.4, -0.2) is 17.5 Å². The van der Waals surface area contributed by atoms with Crippen LogP contribution in [0, 0.1) is 16.7 Å². The number of benzene rings is 1. The molecule has 4 nitrogen and oxygen atoms in total. The molecule has 1 saturated heterocycles. The summed E-state index contributed by atoms with van der Waals surface area (Å²) in [7, 11) is 0. The predicted octanol–water partition coefficient (Wildman–Crippen LogP) is 3.68. The molecule has 0 aromatic heterocycles. The van der Waals surface area contributed by atoms with Crippen LogP contribution in [0.25, 0.3) is 0 Å². The fraction of sp³-hybridized carbons (Fsp3) is 0.556. The molecule has 4 rings (SSSR count). The Labute approximate surface area is 131 Å². The standard InChI is InChI=1S/C18H21N3O/c1-16(2)11-17(7-3-4-8-17)18(21-16)12-20-14-9-13(10-19)5-6-15(14)22-18/h5-6,9,12,21H,3-4,7-8,11H2,1-2H3/t18-/m1/s1. The van der Waals surface area contributed by atoms with E-state index in [4.69, 9.17) is 10.00 Å². The molecule has 0 bridgehead atoms. The van der Waals surface area contributed by atoms with Gasteiger partial charge in [0.25, 0.3) is 0 Å². The van der Waals surface area contributed by atoms with E-state index in [9.17, 15) is 0 Å². The molecule has 1 N–H and O–H groups in total. The average molecular weight is 295 g/mol. The molecule has 2 heterocycles. The molecule has 4 heteroatoms. The maximum Gasteiger partial charge on any atom is 0.203 e. The van der Waals surface area contributed by atoms with Crippen molar-refractivity contribution in [3.63, 3.8) is 0 Å². The van der Waals surface area contributed by atoms with E-state index in [0.717, 1.165) is 17.9 Å². The van der Waals surface area contributed by atoms with E-state index in [1.54, 1.807) is 12.1 Å². The van der Waals surface area contributed by atoms with Crippen molar-refractivity contribution in [1.29, 1.82) is 5.26 Å². The number of rotatable bonds is 0. The van der Waals surface area contributed by atoms with E-state index in [-0.39, 0.29) is 11.0 Å². The second kappa shape index (κ2) is 4.33. The highest BCUT2D eigenvalue weighted by Gasteiger charge is 2.63. The lowest BCUT2D eigenvalue weighted by Gasteiger charge is -2.42. The fourth-order valence-corrected chi connectivity index (χ4v) is 4.69. The second-order valence-corrected chi connectivity index (χ2v) is 7.56. The van der Waals surface area contributed by atoms with Crippen molar-refractivity contribution >= 4 is 11.9 Å². The van der Waals surface area contributed by atoms with Gasteiger partial charge in [0, 0.05) is 11.0 Å². The number of nitrogens with one attached hydrogen (secondary N) is 1. The Balaban J connectivity index is 1.78. The first-order valence-corrected chi connectivity index (χ1v) is 8.05. The van der Waals surface area contributed by atoms with Gasteiger partial charge in [-0.25, -0.2) is 0 Å². The first-order valence-electron chi connectivity index (χ1n) is 8.05. The quantitative estimate of drug-likeness (QED) is 0.794. The summed E-state index contributed by atoms with van der Waals surface area (Å²) in [6.45, 7) is 4.49. The van der Waals surface area contributed by atoms with Gasteiger partial charge in [0.15, 0.2) is 0 Å². The molecular formula is C18H21N3O. The van der Waals surface area contributed by atoms with Crippen LogP contribution in [0.3, 0.4) is 0 Å². The van der Waals surface area contributed by atoms with Gasteiger partial charge in [0.2, 0.25) is 5.72 Å². The molecule has 1 saturated carbocycles.